The van der Waals surface area contributed by atoms with E-state index in [0.29, 0.717) is 12.3 Å². The topological polar surface area (TPSA) is 64.6 Å². The zero-order chi connectivity index (χ0) is 17.4. The second kappa shape index (κ2) is 8.72. The van der Waals surface area contributed by atoms with Gasteiger partial charge in [-0.2, -0.15) is 0 Å². The molecule has 0 unspecified atom stereocenters. The summed E-state index contributed by atoms with van der Waals surface area (Å²) in [5, 5.41) is 2.70. The minimum Gasteiger partial charge on any atom is -0.496 e. The molecule has 0 bridgehead atoms. The van der Waals surface area contributed by atoms with Crippen molar-refractivity contribution in [2.45, 2.75) is 19.9 Å². The largest absolute Gasteiger partial charge is 0.496 e. The number of benzene rings is 2. The van der Waals surface area contributed by atoms with E-state index in [0.717, 1.165) is 16.7 Å². The normalized spacial score (nSPS) is 10.1. The predicted molar refractivity (Wildman–Crippen MR) is 90.7 cm³/mol. The van der Waals surface area contributed by atoms with E-state index in [-0.39, 0.29) is 18.9 Å². The van der Waals surface area contributed by atoms with Gasteiger partial charge in [-0.1, -0.05) is 48.0 Å². The van der Waals surface area contributed by atoms with Crippen molar-refractivity contribution in [3.8, 4) is 5.75 Å². The molecule has 0 radical (unpaired) electrons. The van der Waals surface area contributed by atoms with Crippen LogP contribution in [0.2, 0.25) is 0 Å². The summed E-state index contributed by atoms with van der Waals surface area (Å²) in [5.74, 6) is -0.0707. The molecule has 1 N–H and O–H groups in total. The summed E-state index contributed by atoms with van der Waals surface area (Å²) in [5.41, 5.74) is 2.85. The van der Waals surface area contributed by atoms with E-state index in [1.54, 1.807) is 7.11 Å². The lowest BCUT2D eigenvalue weighted by molar-refractivity contribution is -0.147. The van der Waals surface area contributed by atoms with Crippen LogP contribution >= 0.6 is 0 Å². The Bertz CT molecular complexity index is 695. The summed E-state index contributed by atoms with van der Waals surface area (Å²) in [7, 11) is 1.58. The molecule has 5 heteroatoms. The van der Waals surface area contributed by atoms with Gasteiger partial charge < -0.3 is 14.8 Å². The fourth-order valence-corrected chi connectivity index (χ4v) is 2.16. The molecular weight excluding hydrogens is 306 g/mol. The van der Waals surface area contributed by atoms with E-state index in [2.05, 4.69) is 5.32 Å². The number of aryl methyl sites for hydroxylation is 1. The zero-order valence-corrected chi connectivity index (χ0v) is 13.9. The van der Waals surface area contributed by atoms with Crippen LogP contribution in [0.25, 0.3) is 0 Å². The van der Waals surface area contributed by atoms with Crippen molar-refractivity contribution in [2.75, 3.05) is 13.7 Å². The van der Waals surface area contributed by atoms with Gasteiger partial charge in [0.1, 0.15) is 5.75 Å². The Kier molecular flexibility index (Phi) is 6.37. The number of nitrogens with one attached hydrogen (secondary N) is 1. The predicted octanol–water partition coefficient (Wildman–Crippen LogP) is 2.41. The van der Waals surface area contributed by atoms with Crippen LogP contribution < -0.4 is 10.1 Å². The van der Waals surface area contributed by atoms with E-state index < -0.39 is 5.97 Å². The van der Waals surface area contributed by atoms with Gasteiger partial charge >= 0.3 is 5.97 Å². The van der Waals surface area contributed by atoms with Crippen LogP contribution in [0.15, 0.2) is 48.5 Å². The SMILES string of the molecule is COc1ccccc1CNC(=O)COC(=O)Cc1ccc(C)cc1. The molecule has 126 valence electrons. The third-order valence-electron chi connectivity index (χ3n) is 3.50. The number of hydrogen-bond donors (Lipinski definition) is 1. The van der Waals surface area contributed by atoms with Crippen molar-refractivity contribution in [3.63, 3.8) is 0 Å². The Morgan fingerprint density at radius 2 is 1.75 bits per heavy atom. The molecule has 0 atom stereocenters. The highest BCUT2D eigenvalue weighted by atomic mass is 16.5. The number of methoxy groups -OCH3 is 1. The van der Waals surface area contributed by atoms with Gasteiger partial charge in [0.15, 0.2) is 6.61 Å². The molecule has 24 heavy (non-hydrogen) atoms. The van der Waals surface area contributed by atoms with Gasteiger partial charge in [-0.05, 0) is 18.6 Å². The molecule has 0 spiro atoms. The monoisotopic (exact) mass is 327 g/mol. The first kappa shape index (κ1) is 17.5. The molecule has 2 rings (SSSR count). The highest BCUT2D eigenvalue weighted by Crippen LogP contribution is 2.16. The Hall–Kier alpha value is -2.82. The van der Waals surface area contributed by atoms with Gasteiger partial charge in [0.05, 0.1) is 13.5 Å². The molecule has 0 fully saturated rings. The fourth-order valence-electron chi connectivity index (χ4n) is 2.16. The van der Waals surface area contributed by atoms with Crippen LogP contribution in [0, 0.1) is 6.92 Å². The van der Waals surface area contributed by atoms with Gasteiger partial charge in [0.2, 0.25) is 0 Å². The Balaban J connectivity index is 1.74. The van der Waals surface area contributed by atoms with Gasteiger partial charge in [-0.25, -0.2) is 0 Å². The molecule has 0 aliphatic heterocycles. The lowest BCUT2D eigenvalue weighted by atomic mass is 10.1. The van der Waals surface area contributed by atoms with Crippen molar-refractivity contribution in [1.82, 2.24) is 5.32 Å². The molecule has 0 aromatic heterocycles. The first-order valence-corrected chi connectivity index (χ1v) is 7.68. The Labute approximate surface area is 141 Å². The van der Waals surface area contributed by atoms with Crippen molar-refractivity contribution in [2.24, 2.45) is 0 Å². The summed E-state index contributed by atoms with van der Waals surface area (Å²) in [6.45, 7) is 2.01. The molecule has 0 saturated carbocycles. The minimum absolute atomic E-state index is 0.153. The molecule has 2 aromatic carbocycles. The van der Waals surface area contributed by atoms with E-state index in [4.69, 9.17) is 9.47 Å². The van der Waals surface area contributed by atoms with Crippen molar-refractivity contribution < 1.29 is 19.1 Å². The third kappa shape index (κ3) is 5.43. The smallest absolute Gasteiger partial charge is 0.310 e. The summed E-state index contributed by atoms with van der Waals surface area (Å²) in [6, 6.07) is 15.0. The van der Waals surface area contributed by atoms with Crippen LogP contribution in [0.4, 0.5) is 0 Å². The van der Waals surface area contributed by atoms with Crippen molar-refractivity contribution in [3.05, 3.63) is 65.2 Å². The van der Waals surface area contributed by atoms with Gasteiger partial charge in [0, 0.05) is 12.1 Å². The maximum absolute atomic E-state index is 11.8. The Morgan fingerprint density at radius 1 is 1.04 bits per heavy atom. The Morgan fingerprint density at radius 3 is 2.46 bits per heavy atom. The first-order chi connectivity index (χ1) is 11.6. The maximum atomic E-state index is 11.8. The summed E-state index contributed by atoms with van der Waals surface area (Å²) < 4.78 is 10.2. The number of esters is 1. The number of rotatable bonds is 7. The van der Waals surface area contributed by atoms with E-state index in [1.165, 1.54) is 0 Å². The van der Waals surface area contributed by atoms with Crippen LogP contribution in [-0.4, -0.2) is 25.6 Å². The fraction of sp³-hybridized carbons (Fsp3) is 0.263. The molecule has 0 saturated heterocycles. The number of para-hydroxylation sites is 1. The highest BCUT2D eigenvalue weighted by Gasteiger charge is 2.09. The van der Waals surface area contributed by atoms with E-state index >= 15 is 0 Å². The maximum Gasteiger partial charge on any atom is 0.310 e. The standard InChI is InChI=1S/C19H21NO4/c1-14-7-9-15(10-8-14)11-19(22)24-13-18(21)20-12-16-5-3-4-6-17(16)23-2/h3-10H,11-13H2,1-2H3,(H,20,21). The van der Waals surface area contributed by atoms with E-state index in [1.807, 2.05) is 55.5 Å². The van der Waals surface area contributed by atoms with Crippen LogP contribution in [0.5, 0.6) is 5.75 Å². The zero-order valence-electron chi connectivity index (χ0n) is 13.9. The minimum atomic E-state index is -0.425. The van der Waals surface area contributed by atoms with Crippen molar-refractivity contribution in [1.29, 1.82) is 0 Å². The lowest BCUT2D eigenvalue weighted by Gasteiger charge is -2.10. The molecule has 1 amide bonds. The molecule has 0 aliphatic rings. The lowest BCUT2D eigenvalue weighted by Crippen LogP contribution is -2.28. The molecule has 0 heterocycles. The van der Waals surface area contributed by atoms with Gasteiger partial charge in [-0.3, -0.25) is 9.59 Å². The number of carbonyl (C=O) groups excluding carboxylic acids is 2. The highest BCUT2D eigenvalue weighted by molar-refractivity contribution is 5.81. The second-order valence-electron chi connectivity index (χ2n) is 5.41. The number of amides is 1. The third-order valence-corrected chi connectivity index (χ3v) is 3.50. The molecule has 2 aromatic rings. The average Bonchev–Trinajstić information content (AvgIpc) is 2.60. The van der Waals surface area contributed by atoms with Crippen LogP contribution in [0.3, 0.4) is 0 Å². The quantitative estimate of drug-likeness (QED) is 0.793. The van der Waals surface area contributed by atoms with Crippen LogP contribution in [-0.2, 0) is 27.3 Å². The van der Waals surface area contributed by atoms with Gasteiger partial charge in [0.25, 0.3) is 5.91 Å². The molecule has 5 nitrogen and oxygen atoms in total. The molecular formula is C19H21NO4. The molecule has 0 aliphatic carbocycles. The first-order valence-electron chi connectivity index (χ1n) is 7.68. The number of hydrogen-bond acceptors (Lipinski definition) is 4. The van der Waals surface area contributed by atoms with E-state index in [9.17, 15) is 9.59 Å². The van der Waals surface area contributed by atoms with Gasteiger partial charge in [-0.15, -0.1) is 0 Å². The number of ether oxygens (including phenoxy) is 2. The average molecular weight is 327 g/mol. The summed E-state index contributed by atoms with van der Waals surface area (Å²) in [6.07, 6.45) is 0.153. The van der Waals surface area contributed by atoms with Crippen LogP contribution in [0.1, 0.15) is 16.7 Å². The summed E-state index contributed by atoms with van der Waals surface area (Å²) in [4.78, 5) is 23.5. The van der Waals surface area contributed by atoms with Crippen molar-refractivity contribution >= 4 is 11.9 Å². The second-order valence-corrected chi connectivity index (χ2v) is 5.41. The number of carbonyl (C=O) groups is 2. The summed E-state index contributed by atoms with van der Waals surface area (Å²) >= 11 is 0.